The van der Waals surface area contributed by atoms with Crippen LogP contribution in [0.3, 0.4) is 0 Å². The van der Waals surface area contributed by atoms with E-state index >= 15 is 0 Å². The molecule has 0 radical (unpaired) electrons. The lowest BCUT2D eigenvalue weighted by atomic mass is 9.99. The standard InChI is InChI=1S/C24H22N2O5/c1-13-18(14(2)26-24(29)20(13)11-25)6-7-22(27)30-12-17-10-23(28)31-21-9-16-5-3-4-15(16)8-19(17)21/h8-10H,3-7,12H2,1-2H3,(H,26,29). The summed E-state index contributed by atoms with van der Waals surface area (Å²) in [4.78, 5) is 38.8. The molecule has 2 heterocycles. The summed E-state index contributed by atoms with van der Waals surface area (Å²) >= 11 is 0. The van der Waals surface area contributed by atoms with Crippen LogP contribution >= 0.6 is 0 Å². The third-order valence-electron chi connectivity index (χ3n) is 5.93. The van der Waals surface area contributed by atoms with E-state index in [-0.39, 0.29) is 18.6 Å². The van der Waals surface area contributed by atoms with Crippen molar-refractivity contribution in [2.75, 3.05) is 0 Å². The molecule has 0 fully saturated rings. The third kappa shape index (κ3) is 4.02. The topological polar surface area (TPSA) is 113 Å². The minimum atomic E-state index is -0.472. The van der Waals surface area contributed by atoms with Crippen LogP contribution in [0.5, 0.6) is 0 Å². The maximum Gasteiger partial charge on any atom is 0.336 e. The molecule has 0 saturated carbocycles. The number of nitrogens with one attached hydrogen (secondary N) is 1. The van der Waals surface area contributed by atoms with Gasteiger partial charge in [0.25, 0.3) is 5.56 Å². The summed E-state index contributed by atoms with van der Waals surface area (Å²) in [5.41, 5.74) is 4.72. The zero-order valence-electron chi connectivity index (χ0n) is 17.5. The minimum absolute atomic E-state index is 0.0211. The molecule has 7 nitrogen and oxygen atoms in total. The Balaban J connectivity index is 1.49. The Morgan fingerprint density at radius 3 is 2.68 bits per heavy atom. The first kappa shape index (κ1) is 20.6. The van der Waals surface area contributed by atoms with Crippen molar-refractivity contribution >= 4 is 16.9 Å². The molecule has 1 aromatic carbocycles. The molecule has 0 bridgehead atoms. The predicted molar refractivity (Wildman–Crippen MR) is 114 cm³/mol. The van der Waals surface area contributed by atoms with Crippen LogP contribution < -0.4 is 11.2 Å². The fourth-order valence-electron chi connectivity index (χ4n) is 4.29. The lowest BCUT2D eigenvalue weighted by molar-refractivity contribution is -0.144. The van der Waals surface area contributed by atoms with Crippen molar-refractivity contribution in [3.8, 4) is 6.07 Å². The second kappa shape index (κ2) is 8.23. The molecule has 7 heteroatoms. The number of hydrogen-bond donors (Lipinski definition) is 1. The molecule has 0 unspecified atom stereocenters. The van der Waals surface area contributed by atoms with Gasteiger partial charge < -0.3 is 14.1 Å². The Hall–Kier alpha value is -3.66. The Morgan fingerprint density at radius 2 is 1.94 bits per heavy atom. The molecular weight excluding hydrogens is 396 g/mol. The Labute approximate surface area is 178 Å². The van der Waals surface area contributed by atoms with E-state index in [9.17, 15) is 19.6 Å². The van der Waals surface area contributed by atoms with Crippen LogP contribution in [0.15, 0.2) is 32.2 Å². The van der Waals surface area contributed by atoms with Crippen molar-refractivity contribution in [1.82, 2.24) is 4.98 Å². The largest absolute Gasteiger partial charge is 0.461 e. The van der Waals surface area contributed by atoms with Crippen molar-refractivity contribution in [1.29, 1.82) is 5.26 Å². The van der Waals surface area contributed by atoms with Crippen LogP contribution in [-0.4, -0.2) is 11.0 Å². The molecule has 1 aliphatic carbocycles. The number of ether oxygens (including phenoxy) is 1. The van der Waals surface area contributed by atoms with Crippen LogP contribution in [0.4, 0.5) is 0 Å². The zero-order valence-corrected chi connectivity index (χ0v) is 17.5. The summed E-state index contributed by atoms with van der Waals surface area (Å²) in [7, 11) is 0. The predicted octanol–water partition coefficient (Wildman–Crippen LogP) is 3.13. The maximum absolute atomic E-state index is 12.4. The SMILES string of the molecule is Cc1[nH]c(=O)c(C#N)c(C)c1CCC(=O)OCc1cc(=O)oc2cc3c(cc12)CCC3. The van der Waals surface area contributed by atoms with Crippen LogP contribution in [0.25, 0.3) is 11.0 Å². The molecule has 1 aliphatic rings. The van der Waals surface area contributed by atoms with E-state index in [1.165, 1.54) is 17.2 Å². The summed E-state index contributed by atoms with van der Waals surface area (Å²) in [6.07, 6.45) is 3.48. The number of hydrogen-bond acceptors (Lipinski definition) is 6. The summed E-state index contributed by atoms with van der Waals surface area (Å²) < 4.78 is 10.8. The molecule has 0 spiro atoms. The highest BCUT2D eigenvalue weighted by molar-refractivity contribution is 5.82. The lowest BCUT2D eigenvalue weighted by Crippen LogP contribution is -2.17. The first-order chi connectivity index (χ1) is 14.9. The van der Waals surface area contributed by atoms with Gasteiger partial charge in [-0.2, -0.15) is 5.26 Å². The number of nitrogens with zero attached hydrogens (tertiary/aromatic N) is 1. The smallest absolute Gasteiger partial charge is 0.336 e. The number of esters is 1. The molecule has 0 atom stereocenters. The van der Waals surface area contributed by atoms with Crippen molar-refractivity contribution in [2.24, 2.45) is 0 Å². The van der Waals surface area contributed by atoms with E-state index in [1.54, 1.807) is 13.8 Å². The molecule has 2 aromatic heterocycles. The van der Waals surface area contributed by atoms with Gasteiger partial charge in [0.05, 0.1) is 0 Å². The summed E-state index contributed by atoms with van der Waals surface area (Å²) in [6.45, 7) is 3.42. The van der Waals surface area contributed by atoms with E-state index in [4.69, 9.17) is 9.15 Å². The number of rotatable bonds is 5. The summed E-state index contributed by atoms with van der Waals surface area (Å²) in [5.74, 6) is -0.425. The van der Waals surface area contributed by atoms with Gasteiger partial charge in [-0.25, -0.2) is 4.79 Å². The Bertz CT molecular complexity index is 1360. The number of aromatic nitrogens is 1. The molecule has 4 rings (SSSR count). The average Bonchev–Trinajstić information content (AvgIpc) is 3.17. The highest BCUT2D eigenvalue weighted by Gasteiger charge is 2.17. The molecule has 3 aromatic rings. The number of H-pyrrole nitrogens is 1. The Morgan fingerprint density at radius 1 is 1.19 bits per heavy atom. The number of carbonyl (C=O) groups is 1. The Kier molecular flexibility index (Phi) is 5.47. The lowest BCUT2D eigenvalue weighted by Gasteiger charge is -2.11. The van der Waals surface area contributed by atoms with E-state index in [0.717, 1.165) is 30.2 Å². The maximum atomic E-state index is 12.4. The number of benzene rings is 1. The van der Waals surface area contributed by atoms with Crippen LogP contribution in [0.2, 0.25) is 0 Å². The summed E-state index contributed by atoms with van der Waals surface area (Å²) in [5, 5.41) is 9.97. The molecule has 0 aliphatic heterocycles. The van der Waals surface area contributed by atoms with Crippen molar-refractivity contribution in [3.05, 3.63) is 78.0 Å². The van der Waals surface area contributed by atoms with Gasteiger partial charge in [0, 0.05) is 29.1 Å². The number of aryl methyl sites for hydroxylation is 3. The fourth-order valence-corrected chi connectivity index (χ4v) is 4.29. The molecular formula is C24H22N2O5. The van der Waals surface area contributed by atoms with Gasteiger partial charge in [-0.15, -0.1) is 0 Å². The van der Waals surface area contributed by atoms with Gasteiger partial charge in [-0.3, -0.25) is 9.59 Å². The fraction of sp³-hybridized carbons (Fsp3) is 0.333. The van der Waals surface area contributed by atoms with E-state index in [0.29, 0.717) is 28.8 Å². The number of fused-ring (bicyclic) bond motifs is 2. The van der Waals surface area contributed by atoms with Crippen molar-refractivity contribution in [3.63, 3.8) is 0 Å². The van der Waals surface area contributed by atoms with Gasteiger partial charge >= 0.3 is 11.6 Å². The molecule has 158 valence electrons. The minimum Gasteiger partial charge on any atom is -0.461 e. The van der Waals surface area contributed by atoms with Gasteiger partial charge in [-0.05, 0) is 73.9 Å². The van der Waals surface area contributed by atoms with E-state index in [1.807, 2.05) is 18.2 Å². The molecule has 1 N–H and O–H groups in total. The van der Waals surface area contributed by atoms with Gasteiger partial charge in [0.1, 0.15) is 23.8 Å². The van der Waals surface area contributed by atoms with Crippen LogP contribution in [0.1, 0.15) is 51.9 Å². The first-order valence-corrected chi connectivity index (χ1v) is 10.2. The zero-order chi connectivity index (χ0) is 22.1. The number of nitriles is 1. The monoisotopic (exact) mass is 418 g/mol. The molecule has 0 saturated heterocycles. The quantitative estimate of drug-likeness (QED) is 0.503. The van der Waals surface area contributed by atoms with E-state index < -0.39 is 17.2 Å². The highest BCUT2D eigenvalue weighted by Crippen LogP contribution is 2.28. The number of carbonyl (C=O) groups excluding carboxylic acids is 1. The second-order valence-electron chi connectivity index (χ2n) is 7.89. The van der Waals surface area contributed by atoms with Gasteiger partial charge in [0.2, 0.25) is 0 Å². The molecule has 0 amide bonds. The summed E-state index contributed by atoms with van der Waals surface area (Å²) in [6, 6.07) is 7.22. The first-order valence-electron chi connectivity index (χ1n) is 10.2. The van der Waals surface area contributed by atoms with Crippen molar-refractivity contribution < 1.29 is 13.9 Å². The number of pyridine rings is 1. The highest BCUT2D eigenvalue weighted by atomic mass is 16.5. The number of aromatic amines is 1. The van der Waals surface area contributed by atoms with Crippen LogP contribution in [-0.2, 0) is 35.4 Å². The normalized spacial score (nSPS) is 12.5. The van der Waals surface area contributed by atoms with Gasteiger partial charge in [-0.1, -0.05) is 0 Å². The average molecular weight is 418 g/mol. The van der Waals surface area contributed by atoms with E-state index in [2.05, 4.69) is 4.98 Å². The van der Waals surface area contributed by atoms with Gasteiger partial charge in [0.15, 0.2) is 0 Å². The third-order valence-corrected chi connectivity index (χ3v) is 5.93. The van der Waals surface area contributed by atoms with Crippen molar-refractivity contribution in [2.45, 2.75) is 52.6 Å². The second-order valence-corrected chi connectivity index (χ2v) is 7.89. The van der Waals surface area contributed by atoms with Crippen LogP contribution in [0, 0.1) is 25.2 Å². The molecule has 31 heavy (non-hydrogen) atoms.